The minimum Gasteiger partial charge on any atom is -0.756 e. The summed E-state index contributed by atoms with van der Waals surface area (Å²) in [5.74, 6) is -1.71. The molecule has 16 atom stereocenters. The number of hydrogen-bond donors (Lipinski definition) is 3. The first-order valence-corrected chi connectivity index (χ1v) is 18.4. The number of rotatable bonds is 8. The Hall–Kier alpha value is 1.82. The molecule has 0 spiro atoms. The van der Waals surface area contributed by atoms with E-state index in [-0.39, 0.29) is 95.3 Å². The van der Waals surface area contributed by atoms with Crippen molar-refractivity contribution in [3.05, 3.63) is 0 Å². The van der Waals surface area contributed by atoms with Gasteiger partial charge in [0, 0.05) is 13.0 Å². The Morgan fingerprint density at radius 3 is 2.22 bits per heavy atom. The second-order valence-corrected chi connectivity index (χ2v) is 17.7. The molecule has 5 rings (SSSR count). The van der Waals surface area contributed by atoms with Gasteiger partial charge in [-0.05, 0) is 84.4 Å². The number of fused-ring (bicyclic) bond motifs is 7. The Labute approximate surface area is 312 Å². The quantitative estimate of drug-likeness (QED) is 0.0971. The Balaban J connectivity index is 0.00000276. The first-order valence-electron chi connectivity index (χ1n) is 15.6. The van der Waals surface area contributed by atoms with E-state index in [0.29, 0.717) is 25.2 Å². The van der Waals surface area contributed by atoms with Crippen molar-refractivity contribution in [2.24, 2.45) is 58.2 Å². The van der Waals surface area contributed by atoms with Crippen molar-refractivity contribution in [3.63, 3.8) is 0 Å². The van der Waals surface area contributed by atoms with Gasteiger partial charge in [-0.2, -0.15) is 0 Å². The van der Waals surface area contributed by atoms with Gasteiger partial charge < -0.3 is 38.6 Å². The zero-order valence-electron chi connectivity index (χ0n) is 28.1. The molecular weight excluding hydrogens is 649 g/mol. The van der Waals surface area contributed by atoms with Crippen LogP contribution in [0.5, 0.6) is 0 Å². The van der Waals surface area contributed by atoms with Crippen LogP contribution in [0, 0.1) is 58.2 Å². The van der Waals surface area contributed by atoms with Gasteiger partial charge in [-0.3, -0.25) is 8.75 Å². The number of phosphoric ester groups is 1. The zero-order chi connectivity index (χ0) is 32.1. The van der Waals surface area contributed by atoms with Gasteiger partial charge in [0.15, 0.2) is 0 Å². The predicted molar refractivity (Wildman–Crippen MR) is 151 cm³/mol. The molecule has 1 aliphatic heterocycles. The van der Waals surface area contributed by atoms with Crippen molar-refractivity contribution < 1.29 is 115 Å². The number of phosphoric acid groups is 1. The third-order valence-corrected chi connectivity index (χ3v) is 14.2. The van der Waals surface area contributed by atoms with Crippen molar-refractivity contribution in [1.29, 1.82) is 0 Å². The van der Waals surface area contributed by atoms with Crippen LogP contribution in [0.25, 0.3) is 0 Å². The summed E-state index contributed by atoms with van der Waals surface area (Å²) in [5, 5.41) is 35.1. The monoisotopic (exact) mass is 698 g/mol. The SMILES string of the molecule is COP(=O)([O-])O[C@@H]1[C@H]2OC([C@@H](C)C(C)C)C[C@@H](C)[C@@H]2[C@@]2(C)CC[C@H]3[C@@H]([C@@H](O)[C@@H](O)[C@H]4[C@](O)(COS(=O)(=O)[O-])CC[C@]34C)[C@H]12.[Na+].[Na+]. The molecule has 3 N–H and O–H groups in total. The van der Waals surface area contributed by atoms with Crippen LogP contribution in [0.3, 0.4) is 0 Å². The van der Waals surface area contributed by atoms with Crippen molar-refractivity contribution in [3.8, 4) is 0 Å². The summed E-state index contributed by atoms with van der Waals surface area (Å²) in [6.07, 6.45) is -1.94. The third-order valence-electron chi connectivity index (χ3n) is 12.9. The Morgan fingerprint density at radius 2 is 1.67 bits per heavy atom. The molecule has 0 amide bonds. The smallest absolute Gasteiger partial charge is 0.756 e. The molecule has 0 aromatic heterocycles. The first kappa shape index (κ1) is 41.2. The number of ether oxygens (including phenoxy) is 1. The fourth-order valence-corrected chi connectivity index (χ4v) is 11.8. The number of hydrogen-bond acceptors (Lipinski definition) is 12. The second kappa shape index (κ2) is 14.1. The van der Waals surface area contributed by atoms with Gasteiger partial charge in [0.05, 0.1) is 42.7 Å². The summed E-state index contributed by atoms with van der Waals surface area (Å²) in [6, 6.07) is 0. The molecule has 0 aromatic rings. The van der Waals surface area contributed by atoms with E-state index in [0.717, 1.165) is 13.5 Å². The van der Waals surface area contributed by atoms with Crippen molar-refractivity contribution in [1.82, 2.24) is 0 Å². The van der Waals surface area contributed by atoms with Gasteiger partial charge in [-0.25, -0.2) is 8.42 Å². The first-order chi connectivity index (χ1) is 19.7. The van der Waals surface area contributed by atoms with Crippen LogP contribution in [-0.2, 0) is 32.9 Å². The van der Waals surface area contributed by atoms with E-state index in [4.69, 9.17) is 13.8 Å². The van der Waals surface area contributed by atoms with Crippen molar-refractivity contribution >= 4 is 18.2 Å². The van der Waals surface area contributed by atoms with Gasteiger partial charge in [-0.15, -0.1) is 0 Å². The van der Waals surface area contributed by atoms with Gasteiger partial charge in [0.2, 0.25) is 10.4 Å². The molecule has 0 radical (unpaired) electrons. The van der Waals surface area contributed by atoms with Gasteiger partial charge >= 0.3 is 59.1 Å². The Morgan fingerprint density at radius 1 is 1.04 bits per heavy atom. The summed E-state index contributed by atoms with van der Waals surface area (Å²) in [7, 11) is -8.79. The molecule has 5 aliphatic rings. The molecule has 4 aliphatic carbocycles. The van der Waals surface area contributed by atoms with E-state index in [2.05, 4.69) is 38.8 Å². The number of aliphatic hydroxyl groups is 3. The maximum absolute atomic E-state index is 12.9. The molecule has 5 fully saturated rings. The zero-order valence-corrected chi connectivity index (χ0v) is 33.8. The molecule has 0 bridgehead atoms. The largest absolute Gasteiger partial charge is 1.00 e. The normalized spacial score (nSPS) is 49.4. The van der Waals surface area contributed by atoms with Crippen LogP contribution < -0.4 is 64.0 Å². The van der Waals surface area contributed by atoms with E-state index in [1.165, 1.54) is 0 Å². The summed E-state index contributed by atoms with van der Waals surface area (Å²) in [4.78, 5) is 12.9. The van der Waals surface area contributed by atoms with Crippen LogP contribution in [0.4, 0.5) is 0 Å². The fourth-order valence-electron chi connectivity index (χ4n) is 10.8. The van der Waals surface area contributed by atoms with E-state index in [1.807, 2.05) is 6.92 Å². The summed E-state index contributed by atoms with van der Waals surface area (Å²) in [6.45, 7) is 11.8. The van der Waals surface area contributed by atoms with Crippen molar-refractivity contribution in [2.45, 2.75) is 110 Å². The summed E-state index contributed by atoms with van der Waals surface area (Å²) in [5.41, 5.74) is -3.11. The standard InChI is InChI=1S/C29H51O12PS.2Na/c1-14(2)16(4)18-12-15(3)20-24(40-18)25(41-42(33,34)38-7)21-19-17(8-9-28(20,21)6)27(5)10-11-29(32,13-39-43(35,36)37)26(27)23(31)22(19)30;;/h14-26,30-32H,8-13H2,1-7H3,(H,33,34)(H,35,36,37);;/q;2*+1/p-2/t15-,16+,17+,18?,19-,20+,21-,22-,23-,24+,25+,26-,27-,28-,29-;;/m1../s1. The minimum atomic E-state index is -5.10. The van der Waals surface area contributed by atoms with Crippen LogP contribution in [0.1, 0.15) is 73.6 Å². The van der Waals surface area contributed by atoms with Crippen LogP contribution in [0.2, 0.25) is 0 Å². The van der Waals surface area contributed by atoms with Gasteiger partial charge in [0.25, 0.3) is 7.82 Å². The Bertz CT molecular complexity index is 1230. The average molecular weight is 699 g/mol. The fraction of sp³-hybridized carbons (Fsp3) is 1.00. The van der Waals surface area contributed by atoms with E-state index in [1.54, 1.807) is 0 Å². The molecule has 1 saturated heterocycles. The maximum Gasteiger partial charge on any atom is 1.00 e. The van der Waals surface area contributed by atoms with Gasteiger partial charge in [0.1, 0.15) is 0 Å². The van der Waals surface area contributed by atoms with E-state index >= 15 is 0 Å². The molecule has 4 saturated carbocycles. The maximum atomic E-state index is 12.9. The van der Waals surface area contributed by atoms with Crippen molar-refractivity contribution in [2.75, 3.05) is 13.7 Å². The molecule has 250 valence electrons. The molecule has 2 unspecified atom stereocenters. The van der Waals surface area contributed by atoms with E-state index in [9.17, 15) is 37.7 Å². The summed E-state index contributed by atoms with van der Waals surface area (Å²) < 4.78 is 68.5. The third kappa shape index (κ3) is 7.04. The van der Waals surface area contributed by atoms with Gasteiger partial charge in [-0.1, -0.05) is 41.5 Å². The second-order valence-electron chi connectivity index (χ2n) is 15.2. The molecule has 45 heavy (non-hydrogen) atoms. The van der Waals surface area contributed by atoms with Crippen LogP contribution in [0.15, 0.2) is 0 Å². The number of aliphatic hydroxyl groups excluding tert-OH is 2. The molecule has 16 heteroatoms. The predicted octanol–water partition coefficient (Wildman–Crippen LogP) is -3.78. The topological polar surface area (TPSA) is 195 Å². The summed E-state index contributed by atoms with van der Waals surface area (Å²) >= 11 is 0. The molecule has 1 heterocycles. The van der Waals surface area contributed by atoms with Crippen LogP contribution in [-0.4, -0.2) is 78.1 Å². The average Bonchev–Trinajstić information content (AvgIpc) is 3.33. The van der Waals surface area contributed by atoms with E-state index < -0.39 is 83.4 Å². The molecular formula is C29H49Na2O12PS. The molecule has 12 nitrogen and oxygen atoms in total. The molecule has 0 aromatic carbocycles. The minimum absolute atomic E-state index is 0. The Kier molecular flexibility index (Phi) is 12.9. The van der Waals surface area contributed by atoms with Crippen LogP contribution >= 0.6 is 7.82 Å².